The van der Waals surface area contributed by atoms with Gasteiger partial charge in [-0.1, -0.05) is 12.1 Å². The van der Waals surface area contributed by atoms with E-state index in [9.17, 15) is 0 Å². The summed E-state index contributed by atoms with van der Waals surface area (Å²) in [5.41, 5.74) is 2.56. The van der Waals surface area contributed by atoms with Gasteiger partial charge in [0.1, 0.15) is 0 Å². The number of rotatable bonds is 8. The average molecular weight is 514 g/mol. The highest BCUT2D eigenvalue weighted by Crippen LogP contribution is 2.20. The quantitative estimate of drug-likeness (QED) is 0.245. The lowest BCUT2D eigenvalue weighted by Crippen LogP contribution is -2.38. The Balaban J connectivity index is 0.00000280. The molecule has 1 aromatic heterocycles. The van der Waals surface area contributed by atoms with Crippen molar-refractivity contribution in [3.8, 4) is 0 Å². The fraction of sp³-hybridized carbons (Fsp3) is 0.500. The number of nitrogens with one attached hydrogen (secondary N) is 2. The van der Waals surface area contributed by atoms with E-state index in [0.717, 1.165) is 45.1 Å². The summed E-state index contributed by atoms with van der Waals surface area (Å²) in [6.45, 7) is 7.71. The van der Waals surface area contributed by atoms with Crippen molar-refractivity contribution in [3.63, 3.8) is 0 Å². The fourth-order valence-corrected chi connectivity index (χ4v) is 3.93. The van der Waals surface area contributed by atoms with Crippen LogP contribution in [0.4, 0.5) is 5.69 Å². The van der Waals surface area contributed by atoms with Crippen molar-refractivity contribution < 1.29 is 0 Å². The molecule has 8 heteroatoms. The predicted octanol–water partition coefficient (Wildman–Crippen LogP) is 3.20. The highest BCUT2D eigenvalue weighted by atomic mass is 127. The van der Waals surface area contributed by atoms with Crippen LogP contribution in [-0.2, 0) is 13.1 Å². The van der Waals surface area contributed by atoms with Crippen LogP contribution in [-0.4, -0.2) is 53.4 Å². The van der Waals surface area contributed by atoms with Crippen LogP contribution in [0.2, 0.25) is 0 Å². The van der Waals surface area contributed by atoms with Crippen molar-refractivity contribution in [1.82, 2.24) is 20.4 Å². The molecule has 2 heterocycles. The average Bonchev–Trinajstić information content (AvgIpc) is 3.24. The summed E-state index contributed by atoms with van der Waals surface area (Å²) < 4.78 is 1.95. The molecule has 154 valence electrons. The minimum absolute atomic E-state index is 0. The third-order valence-corrected chi connectivity index (χ3v) is 5.43. The predicted molar refractivity (Wildman–Crippen MR) is 131 cm³/mol. The summed E-state index contributed by atoms with van der Waals surface area (Å²) in [7, 11) is 0. The summed E-state index contributed by atoms with van der Waals surface area (Å²) in [5.74, 6) is 3.32. The van der Waals surface area contributed by atoms with E-state index in [0.29, 0.717) is 6.54 Å². The van der Waals surface area contributed by atoms with Gasteiger partial charge in [-0.05, 0) is 37.1 Å². The fourth-order valence-electron chi connectivity index (χ4n) is 3.03. The smallest absolute Gasteiger partial charge is 0.191 e. The van der Waals surface area contributed by atoms with E-state index in [2.05, 4.69) is 51.8 Å². The number of hydrogen-bond acceptors (Lipinski definition) is 4. The number of nitrogens with zero attached hydrogens (tertiary/aromatic N) is 4. The molecule has 0 aliphatic carbocycles. The summed E-state index contributed by atoms with van der Waals surface area (Å²) in [4.78, 5) is 7.18. The van der Waals surface area contributed by atoms with Crippen LogP contribution in [0.3, 0.4) is 0 Å². The molecule has 1 saturated heterocycles. The standard InChI is InChI=1S/C20H30N6S.HI/c1-2-21-20(22-9-3-11-26-12-4-10-24-26)23-17-18-5-7-19(8-6-18)25-13-15-27-16-14-25;/h4-8,10,12H,2-3,9,11,13-17H2,1H3,(H2,21,22,23);1H. The van der Waals surface area contributed by atoms with Gasteiger partial charge in [0.05, 0.1) is 6.54 Å². The van der Waals surface area contributed by atoms with Gasteiger partial charge in [0.25, 0.3) is 0 Å². The van der Waals surface area contributed by atoms with Gasteiger partial charge in [-0.15, -0.1) is 24.0 Å². The monoisotopic (exact) mass is 514 g/mol. The lowest BCUT2D eigenvalue weighted by atomic mass is 10.2. The number of aliphatic imine (C=N–C) groups is 1. The van der Waals surface area contributed by atoms with Gasteiger partial charge >= 0.3 is 0 Å². The van der Waals surface area contributed by atoms with E-state index < -0.39 is 0 Å². The van der Waals surface area contributed by atoms with E-state index in [1.54, 1.807) is 0 Å². The zero-order chi connectivity index (χ0) is 18.7. The number of guanidine groups is 1. The number of anilines is 1. The van der Waals surface area contributed by atoms with Crippen LogP contribution in [0, 0.1) is 0 Å². The van der Waals surface area contributed by atoms with Crippen molar-refractivity contribution in [3.05, 3.63) is 48.3 Å². The van der Waals surface area contributed by atoms with Gasteiger partial charge in [0.2, 0.25) is 0 Å². The highest BCUT2D eigenvalue weighted by molar-refractivity contribution is 14.0. The molecule has 28 heavy (non-hydrogen) atoms. The molecule has 0 saturated carbocycles. The topological polar surface area (TPSA) is 57.5 Å². The van der Waals surface area contributed by atoms with Gasteiger partial charge in [0.15, 0.2) is 5.96 Å². The Morgan fingerprint density at radius 3 is 2.64 bits per heavy atom. The first-order valence-electron chi connectivity index (χ1n) is 9.76. The number of hydrogen-bond donors (Lipinski definition) is 2. The maximum absolute atomic E-state index is 4.72. The number of aryl methyl sites for hydroxylation is 1. The molecular weight excluding hydrogens is 483 g/mol. The van der Waals surface area contributed by atoms with Crippen LogP contribution in [0.5, 0.6) is 0 Å². The molecule has 2 N–H and O–H groups in total. The summed E-state index contributed by atoms with van der Waals surface area (Å²) in [6, 6.07) is 10.8. The van der Waals surface area contributed by atoms with Crippen molar-refractivity contribution in [1.29, 1.82) is 0 Å². The zero-order valence-electron chi connectivity index (χ0n) is 16.5. The Labute approximate surface area is 189 Å². The summed E-state index contributed by atoms with van der Waals surface area (Å²) in [5, 5.41) is 10.9. The van der Waals surface area contributed by atoms with E-state index in [-0.39, 0.29) is 24.0 Å². The first-order chi connectivity index (χ1) is 13.3. The maximum atomic E-state index is 4.72. The molecule has 0 atom stereocenters. The number of benzene rings is 1. The molecule has 6 nitrogen and oxygen atoms in total. The Morgan fingerprint density at radius 2 is 1.96 bits per heavy atom. The van der Waals surface area contributed by atoms with Gasteiger partial charge in [-0.25, -0.2) is 4.99 Å². The second kappa shape index (κ2) is 12.9. The summed E-state index contributed by atoms with van der Waals surface area (Å²) >= 11 is 2.04. The van der Waals surface area contributed by atoms with Crippen molar-refractivity contribution in [2.45, 2.75) is 26.4 Å². The molecule has 0 spiro atoms. The van der Waals surface area contributed by atoms with Crippen molar-refractivity contribution in [2.75, 3.05) is 42.6 Å². The Kier molecular flexibility index (Phi) is 10.6. The molecule has 3 rings (SSSR count). The van der Waals surface area contributed by atoms with Crippen LogP contribution < -0.4 is 15.5 Å². The van der Waals surface area contributed by atoms with Gasteiger partial charge in [0, 0.05) is 62.3 Å². The molecule has 0 unspecified atom stereocenters. The zero-order valence-corrected chi connectivity index (χ0v) is 19.7. The van der Waals surface area contributed by atoms with Crippen LogP contribution in [0.1, 0.15) is 18.9 Å². The molecule has 0 amide bonds. The minimum Gasteiger partial charge on any atom is -0.370 e. The maximum Gasteiger partial charge on any atom is 0.191 e. The first kappa shape index (κ1) is 22.9. The third kappa shape index (κ3) is 7.54. The van der Waals surface area contributed by atoms with E-state index in [1.807, 2.05) is 34.9 Å². The molecule has 1 aromatic carbocycles. The van der Waals surface area contributed by atoms with Crippen LogP contribution >= 0.6 is 35.7 Å². The normalized spacial score (nSPS) is 14.5. The van der Waals surface area contributed by atoms with Gasteiger partial charge < -0.3 is 15.5 Å². The largest absolute Gasteiger partial charge is 0.370 e. The van der Waals surface area contributed by atoms with Gasteiger partial charge in [-0.3, -0.25) is 4.68 Å². The van der Waals surface area contributed by atoms with Gasteiger partial charge in [-0.2, -0.15) is 16.9 Å². The molecule has 1 aliphatic heterocycles. The Hall–Kier alpha value is -1.42. The lowest BCUT2D eigenvalue weighted by molar-refractivity contribution is 0.570. The van der Waals surface area contributed by atoms with Crippen LogP contribution in [0.15, 0.2) is 47.7 Å². The summed E-state index contributed by atoms with van der Waals surface area (Å²) in [6.07, 6.45) is 4.81. The molecule has 1 fully saturated rings. The van der Waals surface area contributed by atoms with Crippen LogP contribution in [0.25, 0.3) is 0 Å². The number of halogens is 1. The number of aromatic nitrogens is 2. The van der Waals surface area contributed by atoms with Crippen molar-refractivity contribution in [2.24, 2.45) is 4.99 Å². The molecule has 0 radical (unpaired) electrons. The molecule has 1 aliphatic rings. The Morgan fingerprint density at radius 1 is 1.18 bits per heavy atom. The first-order valence-corrected chi connectivity index (χ1v) is 10.9. The SMILES string of the molecule is CCNC(=NCc1ccc(N2CCSCC2)cc1)NCCCn1cccn1.I. The highest BCUT2D eigenvalue weighted by Gasteiger charge is 2.10. The van der Waals surface area contributed by atoms with E-state index >= 15 is 0 Å². The third-order valence-electron chi connectivity index (χ3n) is 4.49. The minimum atomic E-state index is 0. The second-order valence-corrected chi connectivity index (χ2v) is 7.74. The van der Waals surface area contributed by atoms with Crippen molar-refractivity contribution >= 4 is 47.4 Å². The van der Waals surface area contributed by atoms with E-state index in [4.69, 9.17) is 4.99 Å². The van der Waals surface area contributed by atoms with E-state index in [1.165, 1.54) is 22.8 Å². The second-order valence-electron chi connectivity index (χ2n) is 6.51. The number of thioether (sulfide) groups is 1. The Bertz CT molecular complexity index is 683. The molecule has 2 aromatic rings. The lowest BCUT2D eigenvalue weighted by Gasteiger charge is -2.28. The molecule has 0 bridgehead atoms. The molecular formula is C20H31IN6S.